The van der Waals surface area contributed by atoms with Gasteiger partial charge < -0.3 is 5.32 Å². The number of unbranched alkanes of at least 4 members (excludes halogenated alkanes) is 8. The molecule has 0 bridgehead atoms. The number of aryl methyl sites for hydroxylation is 1. The maximum absolute atomic E-state index is 13.4. The Morgan fingerprint density at radius 1 is 0.909 bits per heavy atom. The van der Waals surface area contributed by atoms with Crippen molar-refractivity contribution in [3.05, 3.63) is 42.4 Å². The molecule has 1 amide bonds. The number of anilines is 1. The quantitative estimate of drug-likeness (QED) is 0.227. The molecule has 1 unspecified atom stereocenters. The van der Waals surface area contributed by atoms with Gasteiger partial charge in [0.1, 0.15) is 5.03 Å². The zero-order chi connectivity index (χ0) is 23.7. The lowest BCUT2D eigenvalue weighted by Crippen LogP contribution is -2.26. The second-order valence-corrected chi connectivity index (χ2v) is 10.9. The van der Waals surface area contributed by atoms with Crippen molar-refractivity contribution in [2.45, 2.75) is 107 Å². The number of carbonyl (C=O) groups is 1. The number of hydrogen-bond acceptors (Lipinski definition) is 5. The third-order valence-corrected chi connectivity index (χ3v) is 8.05. The zero-order valence-electron chi connectivity index (χ0n) is 20.6. The summed E-state index contributed by atoms with van der Waals surface area (Å²) in [5.41, 5.74) is 1.88. The van der Waals surface area contributed by atoms with Crippen LogP contribution in [0.5, 0.6) is 0 Å². The fourth-order valence-electron chi connectivity index (χ4n) is 3.64. The van der Waals surface area contributed by atoms with Crippen LogP contribution in [-0.2, 0) is 4.79 Å². The van der Waals surface area contributed by atoms with Crippen LogP contribution >= 0.6 is 23.5 Å². The van der Waals surface area contributed by atoms with Gasteiger partial charge in [0.05, 0.1) is 10.9 Å². The van der Waals surface area contributed by atoms with E-state index in [-0.39, 0.29) is 11.2 Å². The minimum absolute atomic E-state index is 0.00353. The van der Waals surface area contributed by atoms with Crippen molar-refractivity contribution in [2.24, 2.45) is 0 Å². The summed E-state index contributed by atoms with van der Waals surface area (Å²) >= 11 is 3.40. The van der Waals surface area contributed by atoms with Gasteiger partial charge in [-0.25, -0.2) is 4.98 Å². The summed E-state index contributed by atoms with van der Waals surface area (Å²) in [6, 6.07) is 5.90. The first-order valence-corrected chi connectivity index (χ1v) is 14.5. The number of nitrogens with zero attached hydrogens (tertiary/aromatic N) is 2. The molecule has 2 heterocycles. The van der Waals surface area contributed by atoms with Crippen LogP contribution in [0.25, 0.3) is 0 Å². The fraction of sp³-hybridized carbons (Fsp3) is 0.593. The molecule has 0 radical (unpaired) electrons. The Balaban J connectivity index is 2.01. The third kappa shape index (κ3) is 11.0. The smallest absolute Gasteiger partial charge is 0.237 e. The summed E-state index contributed by atoms with van der Waals surface area (Å²) in [6.07, 6.45) is 18.8. The minimum atomic E-state index is -0.00353. The minimum Gasteiger partial charge on any atom is -0.323 e. The van der Waals surface area contributed by atoms with Crippen molar-refractivity contribution < 1.29 is 4.79 Å². The van der Waals surface area contributed by atoms with Gasteiger partial charge in [0.25, 0.3) is 0 Å². The monoisotopic (exact) mass is 487 g/mol. The molecular formula is C27H41N3OS2. The van der Waals surface area contributed by atoms with Crippen molar-refractivity contribution in [2.75, 3.05) is 11.1 Å². The number of nitrogens with one attached hydrogen (secondary N) is 1. The SMILES string of the molecule is CCCCCCCCC(SCCCCCC)C(=O)Nc1c(C)ccnc1Sc1ccncc1. The third-order valence-electron chi connectivity index (χ3n) is 5.67. The van der Waals surface area contributed by atoms with Crippen LogP contribution < -0.4 is 5.32 Å². The van der Waals surface area contributed by atoms with Gasteiger partial charge in [0, 0.05) is 23.5 Å². The Morgan fingerprint density at radius 2 is 1.58 bits per heavy atom. The summed E-state index contributed by atoms with van der Waals surface area (Å²) < 4.78 is 0. The van der Waals surface area contributed by atoms with Crippen molar-refractivity contribution in [1.82, 2.24) is 9.97 Å². The van der Waals surface area contributed by atoms with E-state index in [1.54, 1.807) is 24.2 Å². The number of amides is 1. The molecular weight excluding hydrogens is 446 g/mol. The van der Waals surface area contributed by atoms with Gasteiger partial charge in [-0.2, -0.15) is 0 Å². The predicted molar refractivity (Wildman–Crippen MR) is 144 cm³/mol. The van der Waals surface area contributed by atoms with Crippen LogP contribution in [0.4, 0.5) is 5.69 Å². The van der Waals surface area contributed by atoms with E-state index in [2.05, 4.69) is 29.1 Å². The lowest BCUT2D eigenvalue weighted by Gasteiger charge is -2.19. The first-order valence-electron chi connectivity index (χ1n) is 12.6. The van der Waals surface area contributed by atoms with E-state index in [0.717, 1.165) is 39.8 Å². The van der Waals surface area contributed by atoms with Crippen LogP contribution in [-0.4, -0.2) is 26.9 Å². The first kappa shape index (κ1) is 27.7. The van der Waals surface area contributed by atoms with Crippen LogP contribution in [0.15, 0.2) is 46.7 Å². The highest BCUT2D eigenvalue weighted by Crippen LogP contribution is 2.34. The Hall–Kier alpha value is -1.53. The molecule has 0 saturated heterocycles. The Kier molecular flexibility index (Phi) is 14.3. The molecule has 4 nitrogen and oxygen atoms in total. The number of hydrogen-bond donors (Lipinski definition) is 1. The molecule has 1 atom stereocenters. The average molecular weight is 488 g/mol. The van der Waals surface area contributed by atoms with Gasteiger partial charge in [0.15, 0.2) is 0 Å². The molecule has 182 valence electrons. The van der Waals surface area contributed by atoms with E-state index >= 15 is 0 Å². The van der Waals surface area contributed by atoms with Crippen LogP contribution in [0.3, 0.4) is 0 Å². The largest absolute Gasteiger partial charge is 0.323 e. The van der Waals surface area contributed by atoms with Crippen molar-refractivity contribution in [1.29, 1.82) is 0 Å². The van der Waals surface area contributed by atoms with Crippen molar-refractivity contribution in [3.8, 4) is 0 Å². The molecule has 0 aliphatic carbocycles. The number of thioether (sulfide) groups is 1. The lowest BCUT2D eigenvalue weighted by molar-refractivity contribution is -0.115. The normalized spacial score (nSPS) is 12.0. The van der Waals surface area contributed by atoms with E-state index in [4.69, 9.17) is 0 Å². The topological polar surface area (TPSA) is 54.9 Å². The molecule has 0 aromatic carbocycles. The van der Waals surface area contributed by atoms with Crippen LogP contribution in [0.1, 0.15) is 90.0 Å². The van der Waals surface area contributed by atoms with Gasteiger partial charge >= 0.3 is 0 Å². The van der Waals surface area contributed by atoms with Crippen LogP contribution in [0.2, 0.25) is 0 Å². The molecule has 33 heavy (non-hydrogen) atoms. The highest BCUT2D eigenvalue weighted by Gasteiger charge is 2.21. The number of aromatic nitrogens is 2. The summed E-state index contributed by atoms with van der Waals surface area (Å²) in [5, 5.41) is 4.08. The molecule has 2 aromatic rings. The second kappa shape index (κ2) is 17.0. The molecule has 0 spiro atoms. The molecule has 1 N–H and O–H groups in total. The standard InChI is InChI=1S/C27H41N3OS2/c1-4-6-8-10-11-12-14-24(32-21-13-9-7-5-2)26(31)30-25-22(3)15-20-29-27(25)33-23-16-18-28-19-17-23/h15-20,24H,4-14,21H2,1-3H3,(H,30,31). The molecule has 2 aromatic heterocycles. The van der Waals surface area contributed by atoms with Gasteiger partial charge in [-0.05, 0) is 49.3 Å². The maximum Gasteiger partial charge on any atom is 0.237 e. The average Bonchev–Trinajstić information content (AvgIpc) is 2.82. The second-order valence-electron chi connectivity index (χ2n) is 8.56. The molecule has 0 aliphatic heterocycles. The Bertz CT molecular complexity index is 801. The van der Waals surface area contributed by atoms with Gasteiger partial charge in [0.2, 0.25) is 5.91 Å². The summed E-state index contributed by atoms with van der Waals surface area (Å²) in [4.78, 5) is 23.1. The van der Waals surface area contributed by atoms with Gasteiger partial charge in [-0.1, -0.05) is 83.4 Å². The highest BCUT2D eigenvalue weighted by atomic mass is 32.2. The lowest BCUT2D eigenvalue weighted by atomic mass is 10.1. The summed E-state index contributed by atoms with van der Waals surface area (Å²) in [5.74, 6) is 1.18. The Morgan fingerprint density at radius 3 is 2.30 bits per heavy atom. The molecule has 0 saturated carbocycles. The fourth-order valence-corrected chi connectivity index (χ4v) is 5.75. The molecule has 0 fully saturated rings. The van der Waals surface area contributed by atoms with E-state index in [1.807, 2.05) is 43.1 Å². The van der Waals surface area contributed by atoms with Crippen molar-refractivity contribution >= 4 is 35.1 Å². The van der Waals surface area contributed by atoms with E-state index in [9.17, 15) is 4.79 Å². The molecule has 6 heteroatoms. The maximum atomic E-state index is 13.4. The number of pyridine rings is 2. The first-order chi connectivity index (χ1) is 16.2. The highest BCUT2D eigenvalue weighted by molar-refractivity contribution is 8.00. The predicted octanol–water partition coefficient (Wildman–Crippen LogP) is 8.31. The van der Waals surface area contributed by atoms with E-state index in [0.29, 0.717) is 0 Å². The number of carbonyl (C=O) groups excluding carboxylic acids is 1. The molecule has 2 rings (SSSR count). The summed E-state index contributed by atoms with van der Waals surface area (Å²) in [6.45, 7) is 6.52. The van der Waals surface area contributed by atoms with Gasteiger partial charge in [-0.15, -0.1) is 11.8 Å². The van der Waals surface area contributed by atoms with E-state index in [1.165, 1.54) is 57.8 Å². The summed E-state index contributed by atoms with van der Waals surface area (Å²) in [7, 11) is 0. The Labute approximate surface area is 209 Å². The van der Waals surface area contributed by atoms with Gasteiger partial charge in [-0.3, -0.25) is 9.78 Å². The van der Waals surface area contributed by atoms with E-state index < -0.39 is 0 Å². The number of rotatable bonds is 17. The van der Waals surface area contributed by atoms with Crippen LogP contribution in [0, 0.1) is 6.92 Å². The van der Waals surface area contributed by atoms with Crippen molar-refractivity contribution in [3.63, 3.8) is 0 Å². The molecule has 0 aliphatic rings. The zero-order valence-corrected chi connectivity index (χ0v) is 22.3.